The highest BCUT2D eigenvalue weighted by molar-refractivity contribution is 5.73. The zero-order valence-electron chi connectivity index (χ0n) is 46.0. The van der Waals surface area contributed by atoms with Crippen LogP contribution in [0.1, 0.15) is 329 Å². The minimum absolute atomic E-state index is 0.209. The zero-order chi connectivity index (χ0) is 51.7. The van der Waals surface area contributed by atoms with Crippen molar-refractivity contribution in [1.82, 2.24) is 0 Å². The first-order valence-corrected chi connectivity index (χ1v) is 30.1. The molecule has 11 nitrogen and oxygen atoms in total. The number of esters is 3. The highest BCUT2D eigenvalue weighted by atomic mass is 16.9. The van der Waals surface area contributed by atoms with E-state index < -0.39 is 48.5 Å². The maximum Gasteiger partial charge on any atom is 0.446 e. The molecule has 0 aromatic heterocycles. The van der Waals surface area contributed by atoms with Crippen LogP contribution in [0.25, 0.3) is 0 Å². The van der Waals surface area contributed by atoms with Gasteiger partial charge in [0, 0.05) is 19.3 Å². The molecule has 0 spiro atoms. The molecule has 0 aliphatic carbocycles. The van der Waals surface area contributed by atoms with Gasteiger partial charge in [-0.2, -0.15) is 0 Å². The van der Waals surface area contributed by atoms with Gasteiger partial charge in [0.2, 0.25) is 0 Å². The van der Waals surface area contributed by atoms with Gasteiger partial charge in [0.1, 0.15) is 6.10 Å². The largest absolute Gasteiger partial charge is 0.446 e. The van der Waals surface area contributed by atoms with Crippen molar-refractivity contribution >= 4 is 17.9 Å². The molecule has 0 saturated heterocycles. The number of rotatable bonds is 55. The molecule has 0 heterocycles. The molecule has 0 radical (unpaired) electrons. The molecule has 0 saturated carbocycles. The first-order chi connectivity index (χ1) is 34.0. The fourth-order valence-electron chi connectivity index (χ4n) is 9.40. The van der Waals surface area contributed by atoms with Crippen LogP contribution in [-0.2, 0) is 28.6 Å². The normalized spacial score (nSPS) is 13.5. The Balaban J connectivity index is 5.23. The molecule has 3 atom stereocenters. The molecular formula is C59H114O11. The molecule has 0 rings (SSSR count). The van der Waals surface area contributed by atoms with E-state index in [1.54, 1.807) is 0 Å². The Morgan fingerprint density at radius 2 is 0.514 bits per heavy atom. The summed E-state index contributed by atoms with van der Waals surface area (Å²) in [5.74, 6) is -10.6. The molecule has 0 amide bonds. The standard InChI is InChI=1S/C59H114O11/c1-4-7-10-13-16-19-22-25-28-31-34-37-40-43-46-49-54(62)68-58(66,57(65)53(61)52-60)59(67,69-55(63)50-47-44-41-38-35-32-29-26-23-20-17-14-11-8-5-2)70-56(64)51-48-45-42-39-36-33-30-27-24-21-18-15-12-9-6-3/h53,57,60-61,65-67H,4-52H2,1-3H3/t53-,57-,58+/m1/s1. The Labute approximate surface area is 430 Å². The van der Waals surface area contributed by atoms with Gasteiger partial charge >= 0.3 is 29.7 Å². The topological polar surface area (TPSA) is 180 Å². The van der Waals surface area contributed by atoms with Gasteiger partial charge in [0.25, 0.3) is 0 Å². The van der Waals surface area contributed by atoms with E-state index in [-0.39, 0.29) is 19.3 Å². The van der Waals surface area contributed by atoms with Crippen molar-refractivity contribution in [2.75, 3.05) is 6.61 Å². The van der Waals surface area contributed by atoms with Crippen molar-refractivity contribution < 1.29 is 54.1 Å². The van der Waals surface area contributed by atoms with Crippen LogP contribution >= 0.6 is 0 Å². The van der Waals surface area contributed by atoms with E-state index in [0.29, 0.717) is 38.5 Å². The van der Waals surface area contributed by atoms with Crippen LogP contribution in [0, 0.1) is 0 Å². The molecule has 11 heteroatoms. The number of aliphatic hydroxyl groups is 5. The van der Waals surface area contributed by atoms with Crippen LogP contribution in [0.3, 0.4) is 0 Å². The van der Waals surface area contributed by atoms with Gasteiger partial charge in [0.05, 0.1) is 6.61 Å². The number of hydrogen-bond donors (Lipinski definition) is 5. The van der Waals surface area contributed by atoms with Gasteiger partial charge < -0.3 is 39.7 Å². The summed E-state index contributed by atoms with van der Waals surface area (Å²) in [5.41, 5.74) is 0. The van der Waals surface area contributed by atoms with E-state index in [2.05, 4.69) is 20.8 Å². The predicted octanol–water partition coefficient (Wildman–Crippen LogP) is 15.4. The van der Waals surface area contributed by atoms with Gasteiger partial charge in [0.15, 0.2) is 6.10 Å². The van der Waals surface area contributed by atoms with Crippen LogP contribution in [0.4, 0.5) is 0 Å². The summed E-state index contributed by atoms with van der Waals surface area (Å²) in [4.78, 5) is 39.8. The minimum atomic E-state index is -3.72. The van der Waals surface area contributed by atoms with Crippen molar-refractivity contribution in [2.45, 2.75) is 353 Å². The number of carbonyl (C=O) groups is 3. The molecule has 0 fully saturated rings. The fraction of sp³-hybridized carbons (Fsp3) is 0.949. The lowest BCUT2D eigenvalue weighted by molar-refractivity contribution is -0.464. The average Bonchev–Trinajstić information content (AvgIpc) is 3.34. The molecule has 0 aliphatic heterocycles. The average molecular weight is 1000 g/mol. The van der Waals surface area contributed by atoms with E-state index in [4.69, 9.17) is 14.2 Å². The second-order valence-corrected chi connectivity index (χ2v) is 21.0. The summed E-state index contributed by atoms with van der Waals surface area (Å²) in [7, 11) is 0. The van der Waals surface area contributed by atoms with E-state index in [1.807, 2.05) is 0 Å². The summed E-state index contributed by atoms with van der Waals surface area (Å²) >= 11 is 0. The van der Waals surface area contributed by atoms with Crippen molar-refractivity contribution in [2.24, 2.45) is 0 Å². The SMILES string of the molecule is CCCCCCCCCCCCCCCCCC(=O)OC(O)(OC(=O)CCCCCCCCCCCCCCCCC)[C@@](O)(OC(=O)CCCCCCCCCCCCCCCCC)[C@H](O)[C@H](O)CO. The maximum atomic E-state index is 13.3. The van der Waals surface area contributed by atoms with Gasteiger partial charge in [-0.15, -0.1) is 0 Å². The first-order valence-electron chi connectivity index (χ1n) is 30.1. The van der Waals surface area contributed by atoms with Crippen molar-refractivity contribution in [3.05, 3.63) is 0 Å². The van der Waals surface area contributed by atoms with Gasteiger partial charge in [-0.1, -0.05) is 290 Å². The number of carbonyl (C=O) groups excluding carboxylic acids is 3. The van der Waals surface area contributed by atoms with Crippen LogP contribution < -0.4 is 0 Å². The lowest BCUT2D eigenvalue weighted by Gasteiger charge is -2.42. The second kappa shape index (κ2) is 49.4. The van der Waals surface area contributed by atoms with Crippen molar-refractivity contribution in [1.29, 1.82) is 0 Å². The third-order valence-corrected chi connectivity index (χ3v) is 14.1. The molecule has 0 aliphatic rings. The summed E-state index contributed by atoms with van der Waals surface area (Å²) in [5, 5.41) is 55.0. The monoisotopic (exact) mass is 999 g/mol. The summed E-state index contributed by atoms with van der Waals surface area (Å²) in [6, 6.07) is 0. The Hall–Kier alpha value is -1.79. The molecule has 0 aromatic carbocycles. The molecule has 0 bridgehead atoms. The van der Waals surface area contributed by atoms with E-state index in [1.165, 1.54) is 193 Å². The highest BCUT2D eigenvalue weighted by Crippen LogP contribution is 2.34. The van der Waals surface area contributed by atoms with Crippen LogP contribution in [-0.4, -0.2) is 74.0 Å². The lowest BCUT2D eigenvalue weighted by atomic mass is 10.0. The van der Waals surface area contributed by atoms with Crippen molar-refractivity contribution in [3.63, 3.8) is 0 Å². The minimum Gasteiger partial charge on any atom is -0.419 e. The molecule has 0 unspecified atom stereocenters. The zero-order valence-corrected chi connectivity index (χ0v) is 46.0. The van der Waals surface area contributed by atoms with Gasteiger partial charge in [-0.3, -0.25) is 14.4 Å². The molecular weight excluding hydrogens is 885 g/mol. The maximum absolute atomic E-state index is 13.3. The van der Waals surface area contributed by atoms with Crippen LogP contribution in [0.5, 0.6) is 0 Å². The first kappa shape index (κ1) is 68.2. The number of aliphatic hydroxyl groups excluding tert-OH is 3. The second-order valence-electron chi connectivity index (χ2n) is 21.0. The third kappa shape index (κ3) is 38.8. The summed E-state index contributed by atoms with van der Waals surface area (Å²) in [6.07, 6.45) is 45.5. The van der Waals surface area contributed by atoms with E-state index in [9.17, 15) is 39.9 Å². The Kier molecular flexibility index (Phi) is 48.2. The Morgan fingerprint density at radius 1 is 0.329 bits per heavy atom. The van der Waals surface area contributed by atoms with Gasteiger partial charge in [-0.05, 0) is 19.3 Å². The molecule has 70 heavy (non-hydrogen) atoms. The lowest BCUT2D eigenvalue weighted by Crippen LogP contribution is -2.69. The Morgan fingerprint density at radius 3 is 0.714 bits per heavy atom. The quantitative estimate of drug-likeness (QED) is 0.0222. The van der Waals surface area contributed by atoms with Gasteiger partial charge in [-0.25, -0.2) is 0 Å². The summed E-state index contributed by atoms with van der Waals surface area (Å²) < 4.78 is 15.8. The van der Waals surface area contributed by atoms with E-state index >= 15 is 0 Å². The number of hydrogen-bond acceptors (Lipinski definition) is 11. The van der Waals surface area contributed by atoms with Crippen LogP contribution in [0.2, 0.25) is 0 Å². The number of ether oxygens (including phenoxy) is 3. The third-order valence-electron chi connectivity index (χ3n) is 14.1. The Bertz CT molecular complexity index is 1120. The van der Waals surface area contributed by atoms with Crippen LogP contribution in [0.15, 0.2) is 0 Å². The smallest absolute Gasteiger partial charge is 0.419 e. The number of unbranched alkanes of at least 4 members (excludes halogenated alkanes) is 42. The highest BCUT2D eigenvalue weighted by Gasteiger charge is 2.66. The fourth-order valence-corrected chi connectivity index (χ4v) is 9.40. The van der Waals surface area contributed by atoms with E-state index in [0.717, 1.165) is 57.8 Å². The van der Waals surface area contributed by atoms with Crippen molar-refractivity contribution in [3.8, 4) is 0 Å². The predicted molar refractivity (Wildman–Crippen MR) is 286 cm³/mol. The molecule has 5 N–H and O–H groups in total. The molecule has 0 aromatic rings. The molecule has 416 valence electrons. The summed E-state index contributed by atoms with van der Waals surface area (Å²) in [6.45, 7) is 5.60.